The largest absolute Gasteiger partial charge is 0.497 e. The molecule has 1 heterocycles. The number of ether oxygens (including phenoxy) is 4. The van der Waals surface area contributed by atoms with Crippen LogP contribution in [0.1, 0.15) is 29.2 Å². The molecule has 3 aromatic rings. The number of methoxy groups -OCH3 is 3. The Balaban J connectivity index is 1.90. The molecular formula is C27H25BrClNO7. The third-order valence-corrected chi connectivity index (χ3v) is 6.98. The lowest BCUT2D eigenvalue weighted by molar-refractivity contribution is -0.146. The van der Waals surface area contributed by atoms with Gasteiger partial charge in [-0.15, -0.1) is 0 Å². The molecule has 194 valence electrons. The average Bonchev–Trinajstić information content (AvgIpc) is 2.99. The fourth-order valence-electron chi connectivity index (χ4n) is 4.31. The number of halogens is 2. The quantitative estimate of drug-likeness (QED) is 0.364. The van der Waals surface area contributed by atoms with Gasteiger partial charge in [-0.05, 0) is 36.4 Å². The van der Waals surface area contributed by atoms with E-state index in [1.807, 2.05) is 12.1 Å². The molecule has 0 spiro atoms. The van der Waals surface area contributed by atoms with Crippen molar-refractivity contribution in [3.63, 3.8) is 0 Å². The number of carbonyl (C=O) groups excluding carboxylic acids is 1. The van der Waals surface area contributed by atoms with Gasteiger partial charge in [0.1, 0.15) is 29.5 Å². The smallest absolute Gasteiger partial charge is 0.306 e. The number of nitrogens with zero attached hydrogens (tertiary/aromatic N) is 1. The Bertz CT molecular complexity index is 1330. The molecule has 4 rings (SSSR count). The minimum atomic E-state index is -1.28. The van der Waals surface area contributed by atoms with Crippen molar-refractivity contribution in [2.24, 2.45) is 0 Å². The Morgan fingerprint density at radius 2 is 1.78 bits per heavy atom. The molecule has 1 N–H and O–H groups in total. The zero-order chi connectivity index (χ0) is 26.7. The first-order valence-electron chi connectivity index (χ1n) is 11.3. The molecule has 37 heavy (non-hydrogen) atoms. The molecule has 1 aliphatic rings. The number of fused-ring (bicyclic) bond motifs is 1. The first-order chi connectivity index (χ1) is 17.8. The summed E-state index contributed by atoms with van der Waals surface area (Å²) in [4.78, 5) is 27.1. The van der Waals surface area contributed by atoms with Crippen LogP contribution >= 0.6 is 27.5 Å². The van der Waals surface area contributed by atoms with Crippen molar-refractivity contribution in [3.8, 4) is 17.2 Å². The number of anilines is 1. The first-order valence-corrected chi connectivity index (χ1v) is 12.5. The van der Waals surface area contributed by atoms with Gasteiger partial charge in [0.25, 0.3) is 5.91 Å². The molecule has 8 nitrogen and oxygen atoms in total. The fraction of sp³-hybridized carbons (Fsp3) is 0.259. The van der Waals surface area contributed by atoms with Gasteiger partial charge in [0.15, 0.2) is 0 Å². The maximum atomic E-state index is 13.8. The molecule has 0 saturated carbocycles. The summed E-state index contributed by atoms with van der Waals surface area (Å²) in [6, 6.07) is 16.0. The van der Waals surface area contributed by atoms with Crippen LogP contribution in [0.2, 0.25) is 5.02 Å². The van der Waals surface area contributed by atoms with Crippen molar-refractivity contribution < 1.29 is 33.6 Å². The summed E-state index contributed by atoms with van der Waals surface area (Å²) in [6.07, 6.45) is -2.64. The number of carbonyl (C=O) groups is 2. The van der Waals surface area contributed by atoms with Crippen LogP contribution in [0.4, 0.5) is 5.69 Å². The lowest BCUT2D eigenvalue weighted by atomic mass is 9.98. The van der Waals surface area contributed by atoms with Crippen molar-refractivity contribution in [2.45, 2.75) is 25.2 Å². The Morgan fingerprint density at radius 3 is 2.46 bits per heavy atom. The van der Waals surface area contributed by atoms with E-state index >= 15 is 0 Å². The van der Waals surface area contributed by atoms with E-state index in [4.69, 9.17) is 30.5 Å². The van der Waals surface area contributed by atoms with Crippen LogP contribution in [0.3, 0.4) is 0 Å². The van der Waals surface area contributed by atoms with Gasteiger partial charge in [-0.2, -0.15) is 0 Å². The van der Waals surface area contributed by atoms with Gasteiger partial charge in [-0.1, -0.05) is 39.7 Å². The van der Waals surface area contributed by atoms with Crippen molar-refractivity contribution in [2.75, 3.05) is 26.2 Å². The van der Waals surface area contributed by atoms with E-state index in [0.29, 0.717) is 44.6 Å². The van der Waals surface area contributed by atoms with Gasteiger partial charge in [0.2, 0.25) is 0 Å². The minimum absolute atomic E-state index is 0.110. The van der Waals surface area contributed by atoms with Crippen LogP contribution in [0.5, 0.6) is 17.2 Å². The molecule has 0 radical (unpaired) electrons. The normalized spacial score (nSPS) is 17.1. The van der Waals surface area contributed by atoms with Gasteiger partial charge in [0.05, 0.1) is 45.0 Å². The van der Waals surface area contributed by atoms with Crippen molar-refractivity contribution in [1.82, 2.24) is 0 Å². The second-order valence-electron chi connectivity index (χ2n) is 8.27. The maximum Gasteiger partial charge on any atom is 0.306 e. The summed E-state index contributed by atoms with van der Waals surface area (Å²) in [6.45, 7) is 0.110. The average molecular weight is 591 g/mol. The number of benzene rings is 3. The van der Waals surface area contributed by atoms with E-state index in [0.717, 1.165) is 4.47 Å². The molecule has 0 unspecified atom stereocenters. The standard InChI is InChI=1S/C27H25BrClNO7/c1-34-17-9-7-15(22(12-17)36-3)14-30-20-10-8-16(28)11-19(20)26(37-23(27(30)33)13-24(31)32)18-5-4-6-21(35-2)25(18)29/h4-12,23,26H,13-14H2,1-3H3,(H,31,32)/t23-,26-/m1/s1. The summed E-state index contributed by atoms with van der Waals surface area (Å²) < 4.78 is 23.2. The monoisotopic (exact) mass is 589 g/mol. The number of carboxylic acids is 1. The molecular weight excluding hydrogens is 566 g/mol. The van der Waals surface area contributed by atoms with E-state index in [9.17, 15) is 14.7 Å². The molecule has 0 aliphatic carbocycles. The topological polar surface area (TPSA) is 94.5 Å². The highest BCUT2D eigenvalue weighted by atomic mass is 79.9. The zero-order valence-corrected chi connectivity index (χ0v) is 22.7. The highest BCUT2D eigenvalue weighted by Gasteiger charge is 2.39. The van der Waals surface area contributed by atoms with Gasteiger partial charge >= 0.3 is 5.97 Å². The predicted octanol–water partition coefficient (Wildman–Crippen LogP) is 5.62. The van der Waals surface area contributed by atoms with Crippen LogP contribution < -0.4 is 19.1 Å². The minimum Gasteiger partial charge on any atom is -0.497 e. The Kier molecular flexibility index (Phi) is 8.26. The van der Waals surface area contributed by atoms with Crippen LogP contribution in [0, 0.1) is 0 Å². The van der Waals surface area contributed by atoms with E-state index < -0.39 is 30.5 Å². The van der Waals surface area contributed by atoms with Crippen molar-refractivity contribution in [1.29, 1.82) is 0 Å². The SMILES string of the molecule is COc1ccc(CN2C(=O)[C@@H](CC(=O)O)O[C@H](c3cccc(OC)c3Cl)c3cc(Br)ccc32)c(OC)c1. The van der Waals surface area contributed by atoms with Gasteiger partial charge in [-0.3, -0.25) is 9.59 Å². The summed E-state index contributed by atoms with van der Waals surface area (Å²) in [5.74, 6) is -0.0945. The third-order valence-electron chi connectivity index (χ3n) is 6.08. The Morgan fingerprint density at radius 1 is 1.03 bits per heavy atom. The van der Waals surface area contributed by atoms with Crippen LogP contribution in [0.25, 0.3) is 0 Å². The lowest BCUT2D eigenvalue weighted by Gasteiger charge is -2.26. The zero-order valence-electron chi connectivity index (χ0n) is 20.4. The number of hydrogen-bond acceptors (Lipinski definition) is 6. The number of hydrogen-bond donors (Lipinski definition) is 1. The summed E-state index contributed by atoms with van der Waals surface area (Å²) in [5.41, 5.74) is 2.45. The highest BCUT2D eigenvalue weighted by Crippen LogP contribution is 2.44. The molecule has 0 bridgehead atoms. The molecule has 3 aromatic carbocycles. The van der Waals surface area contributed by atoms with Crippen LogP contribution in [-0.2, 0) is 20.9 Å². The Labute approximate surface area is 227 Å². The molecule has 0 aromatic heterocycles. The number of amides is 1. The fourth-order valence-corrected chi connectivity index (χ4v) is 4.99. The molecule has 0 saturated heterocycles. The molecule has 0 fully saturated rings. The highest BCUT2D eigenvalue weighted by molar-refractivity contribution is 9.10. The van der Waals surface area contributed by atoms with Gasteiger partial charge in [-0.25, -0.2) is 0 Å². The van der Waals surface area contributed by atoms with Crippen LogP contribution in [0.15, 0.2) is 59.1 Å². The maximum absolute atomic E-state index is 13.8. The first kappa shape index (κ1) is 26.8. The molecule has 10 heteroatoms. The van der Waals surface area contributed by atoms with Crippen molar-refractivity contribution >= 4 is 45.1 Å². The van der Waals surface area contributed by atoms with E-state index in [1.54, 1.807) is 49.6 Å². The molecule has 1 amide bonds. The predicted molar refractivity (Wildman–Crippen MR) is 142 cm³/mol. The summed E-state index contributed by atoms with van der Waals surface area (Å²) in [7, 11) is 4.59. The molecule has 2 atom stereocenters. The van der Waals surface area contributed by atoms with Gasteiger partial charge in [0, 0.05) is 27.2 Å². The third kappa shape index (κ3) is 5.53. The second kappa shape index (κ2) is 11.4. The second-order valence-corrected chi connectivity index (χ2v) is 9.57. The summed E-state index contributed by atoms with van der Waals surface area (Å²) >= 11 is 10.2. The number of aliphatic carboxylic acids is 1. The Hall–Kier alpha value is -3.27. The molecule has 1 aliphatic heterocycles. The van der Waals surface area contributed by atoms with Crippen LogP contribution in [-0.4, -0.2) is 44.4 Å². The van der Waals surface area contributed by atoms with E-state index in [1.165, 1.54) is 19.1 Å². The van der Waals surface area contributed by atoms with E-state index in [2.05, 4.69) is 15.9 Å². The van der Waals surface area contributed by atoms with E-state index in [-0.39, 0.29) is 6.54 Å². The lowest BCUT2D eigenvalue weighted by Crippen LogP contribution is -2.40. The summed E-state index contributed by atoms with van der Waals surface area (Å²) in [5, 5.41) is 9.92. The number of carboxylic acid groups (broad SMARTS) is 1. The number of rotatable bonds is 8. The van der Waals surface area contributed by atoms with Crippen molar-refractivity contribution in [3.05, 3.63) is 80.8 Å². The van der Waals surface area contributed by atoms with Gasteiger partial charge < -0.3 is 29.0 Å².